The van der Waals surface area contributed by atoms with E-state index in [1.165, 1.54) is 11.6 Å². The van der Waals surface area contributed by atoms with E-state index in [9.17, 15) is 15.3 Å². The predicted octanol–water partition coefficient (Wildman–Crippen LogP) is -2.44. The molecule has 0 amide bonds. The zero-order valence-corrected chi connectivity index (χ0v) is 13.2. The highest BCUT2D eigenvalue weighted by atomic mass is 16.5. The number of nitrogen functional groups attached to an aromatic ring is 1. The second-order valence-corrected chi connectivity index (χ2v) is 5.81. The number of aryl methyl sites for hydroxylation is 1. The lowest BCUT2D eigenvalue weighted by molar-refractivity contribution is -0.129. The zero-order valence-electron chi connectivity index (χ0n) is 13.2. The standard InChI is InChI=1S/C13H15B4N3O4/c1-24-10-6-20-8(5-9(10)18)4-7(19-20)2-3-11(21,12(14,15)22)13(16,17)23/h4-6,21-23H,2-3,18H2,1H3. The highest BCUT2D eigenvalue weighted by Gasteiger charge is 2.50. The number of hydrogen-bond donors (Lipinski definition) is 4. The Morgan fingerprint density at radius 2 is 1.75 bits per heavy atom. The van der Waals surface area contributed by atoms with Gasteiger partial charge in [0.05, 0.1) is 35.8 Å². The van der Waals surface area contributed by atoms with Gasteiger partial charge in [0.15, 0.2) is 5.75 Å². The van der Waals surface area contributed by atoms with Crippen molar-refractivity contribution in [3.05, 3.63) is 24.0 Å². The molecule has 11 heteroatoms. The molecule has 2 aromatic rings. The van der Waals surface area contributed by atoms with E-state index in [1.54, 1.807) is 18.3 Å². The summed E-state index contributed by atoms with van der Waals surface area (Å²) in [5.41, 5.74) is 4.86. The van der Waals surface area contributed by atoms with Gasteiger partial charge in [-0.05, 0) is 25.0 Å². The summed E-state index contributed by atoms with van der Waals surface area (Å²) in [6, 6.07) is 3.35. The van der Waals surface area contributed by atoms with Gasteiger partial charge in [-0.25, -0.2) is 4.52 Å². The van der Waals surface area contributed by atoms with Crippen LogP contribution in [-0.2, 0) is 6.42 Å². The Bertz CT molecular complexity index is 725. The third-order valence-electron chi connectivity index (χ3n) is 3.93. The number of aliphatic hydroxyl groups is 3. The SMILES string of the molecule is [B]C([B])(O)C(O)(CCc1cc2cc(N)c(OC)cn2n1)C([B])([B])O. The molecule has 24 heavy (non-hydrogen) atoms. The van der Waals surface area contributed by atoms with E-state index in [-0.39, 0.29) is 12.8 Å². The lowest BCUT2D eigenvalue weighted by Gasteiger charge is -2.49. The molecule has 0 bridgehead atoms. The average molecular weight is 321 g/mol. The quantitative estimate of drug-likeness (QED) is 0.440. The highest BCUT2D eigenvalue weighted by Crippen LogP contribution is 2.31. The minimum atomic E-state index is -2.72. The van der Waals surface area contributed by atoms with Crippen LogP contribution < -0.4 is 10.5 Å². The average Bonchev–Trinajstić information content (AvgIpc) is 2.82. The molecule has 0 saturated carbocycles. The highest BCUT2D eigenvalue weighted by molar-refractivity contribution is 6.45. The summed E-state index contributed by atoms with van der Waals surface area (Å²) >= 11 is 0. The maximum atomic E-state index is 10.4. The zero-order chi connectivity index (χ0) is 18.3. The van der Waals surface area contributed by atoms with E-state index in [4.69, 9.17) is 41.9 Å². The van der Waals surface area contributed by atoms with Crippen molar-refractivity contribution in [1.29, 1.82) is 0 Å². The van der Waals surface area contributed by atoms with Crippen molar-refractivity contribution < 1.29 is 20.1 Å². The number of methoxy groups -OCH3 is 1. The number of nitrogens with two attached hydrogens (primary N) is 1. The molecule has 7 nitrogen and oxygen atoms in total. The molecule has 0 fully saturated rings. The van der Waals surface area contributed by atoms with Crippen LogP contribution in [0.25, 0.3) is 5.52 Å². The van der Waals surface area contributed by atoms with Crippen LogP contribution in [0.5, 0.6) is 5.75 Å². The van der Waals surface area contributed by atoms with Gasteiger partial charge in [0.1, 0.15) is 31.4 Å². The number of fused-ring (bicyclic) bond motifs is 1. The van der Waals surface area contributed by atoms with Crippen LogP contribution in [0.4, 0.5) is 5.69 Å². The maximum Gasteiger partial charge on any atom is 0.160 e. The molecule has 2 aromatic heterocycles. The monoisotopic (exact) mass is 321 g/mol. The Kier molecular flexibility index (Phi) is 4.73. The van der Waals surface area contributed by atoms with Gasteiger partial charge in [-0.1, -0.05) is 0 Å². The van der Waals surface area contributed by atoms with Crippen LogP contribution in [-0.4, -0.2) is 79.8 Å². The van der Waals surface area contributed by atoms with Gasteiger partial charge < -0.3 is 25.8 Å². The summed E-state index contributed by atoms with van der Waals surface area (Å²) in [4.78, 5) is 0. The summed E-state index contributed by atoms with van der Waals surface area (Å²) < 4.78 is 6.63. The Morgan fingerprint density at radius 3 is 2.25 bits per heavy atom. The van der Waals surface area contributed by atoms with Gasteiger partial charge in [0.25, 0.3) is 0 Å². The summed E-state index contributed by atoms with van der Waals surface area (Å²) in [6.07, 6.45) is 1.30. The molecule has 118 valence electrons. The van der Waals surface area contributed by atoms with Crippen LogP contribution in [0.2, 0.25) is 0 Å². The predicted molar refractivity (Wildman–Crippen MR) is 92.3 cm³/mol. The van der Waals surface area contributed by atoms with Gasteiger partial charge in [0, 0.05) is 10.8 Å². The molecule has 5 N–H and O–H groups in total. The Hall–Kier alpha value is -1.57. The van der Waals surface area contributed by atoms with Crippen LogP contribution in [0, 0.1) is 0 Å². The fourth-order valence-corrected chi connectivity index (χ4v) is 2.41. The largest absolute Gasteiger partial charge is 0.493 e. The number of pyridine rings is 1. The number of nitrogens with zero attached hydrogens (tertiary/aromatic N) is 2. The van der Waals surface area contributed by atoms with Crippen LogP contribution in [0.1, 0.15) is 12.1 Å². The Balaban J connectivity index is 2.29. The molecule has 2 heterocycles. The molecule has 0 aliphatic heterocycles. The van der Waals surface area contributed by atoms with Crippen LogP contribution in [0.3, 0.4) is 0 Å². The van der Waals surface area contributed by atoms with E-state index in [2.05, 4.69) is 5.10 Å². The number of hydrogen-bond acceptors (Lipinski definition) is 6. The smallest absolute Gasteiger partial charge is 0.160 e. The molecule has 0 saturated heterocycles. The first-order valence-electron chi connectivity index (χ1n) is 7.03. The van der Waals surface area contributed by atoms with Crippen molar-refractivity contribution in [2.24, 2.45) is 0 Å². The summed E-state index contributed by atoms with van der Waals surface area (Å²) in [5, 5.41) is 28.6. The van der Waals surface area contributed by atoms with Crippen LogP contribution >= 0.6 is 0 Å². The molecular formula is C13H15B4N3O4. The van der Waals surface area contributed by atoms with Crippen molar-refractivity contribution in [3.63, 3.8) is 0 Å². The van der Waals surface area contributed by atoms with E-state index in [0.717, 1.165) is 0 Å². The second kappa shape index (κ2) is 6.06. The van der Waals surface area contributed by atoms with Gasteiger partial charge in [0.2, 0.25) is 0 Å². The first-order valence-corrected chi connectivity index (χ1v) is 7.03. The number of anilines is 1. The van der Waals surface area contributed by atoms with Crippen molar-refractivity contribution in [2.75, 3.05) is 12.8 Å². The van der Waals surface area contributed by atoms with Crippen molar-refractivity contribution in [1.82, 2.24) is 9.61 Å². The van der Waals surface area contributed by atoms with Crippen molar-refractivity contribution >= 4 is 42.6 Å². The third-order valence-corrected chi connectivity index (χ3v) is 3.93. The Morgan fingerprint density at radius 1 is 1.17 bits per heavy atom. The molecule has 0 aromatic carbocycles. The summed E-state index contributed by atoms with van der Waals surface area (Å²) in [7, 11) is 22.7. The van der Waals surface area contributed by atoms with Crippen LogP contribution in [0.15, 0.2) is 18.3 Å². The molecule has 0 aliphatic rings. The normalized spacial score (nSPS) is 13.3. The fourth-order valence-electron chi connectivity index (χ4n) is 2.41. The maximum absolute atomic E-state index is 10.4. The molecule has 0 unspecified atom stereocenters. The number of aromatic nitrogens is 2. The first-order chi connectivity index (χ1) is 10.9. The second-order valence-electron chi connectivity index (χ2n) is 5.81. The molecule has 8 radical (unpaired) electrons. The number of rotatable bonds is 6. The molecule has 0 atom stereocenters. The summed E-state index contributed by atoms with van der Waals surface area (Å²) in [5.74, 6) is 0.449. The van der Waals surface area contributed by atoms with E-state index in [1.807, 2.05) is 0 Å². The number of ether oxygens (including phenoxy) is 1. The summed E-state index contributed by atoms with van der Waals surface area (Å²) in [6.45, 7) is 0. The Labute approximate surface area is 144 Å². The lowest BCUT2D eigenvalue weighted by Crippen LogP contribution is -2.69. The third kappa shape index (κ3) is 3.29. The molecule has 0 aliphatic carbocycles. The van der Waals surface area contributed by atoms with Gasteiger partial charge in [-0.15, -0.1) is 0 Å². The minimum absolute atomic E-state index is 0.0633. The van der Waals surface area contributed by atoms with E-state index in [0.29, 0.717) is 22.6 Å². The first kappa shape index (κ1) is 18.8. The molecule has 2 rings (SSSR count). The topological polar surface area (TPSA) is 113 Å². The van der Waals surface area contributed by atoms with E-state index >= 15 is 0 Å². The molecular weight excluding hydrogens is 305 g/mol. The van der Waals surface area contributed by atoms with E-state index < -0.39 is 16.4 Å². The molecule has 0 spiro atoms. The minimum Gasteiger partial charge on any atom is -0.493 e. The van der Waals surface area contributed by atoms with Crippen molar-refractivity contribution in [2.45, 2.75) is 29.2 Å². The van der Waals surface area contributed by atoms with Crippen molar-refractivity contribution in [3.8, 4) is 5.75 Å². The lowest BCUT2D eigenvalue weighted by atomic mass is 9.42. The van der Waals surface area contributed by atoms with Gasteiger partial charge in [-0.3, -0.25) is 0 Å². The fraction of sp³-hybridized carbons (Fsp3) is 0.462. The van der Waals surface area contributed by atoms with Gasteiger partial charge in [-0.2, -0.15) is 5.10 Å². The van der Waals surface area contributed by atoms with Gasteiger partial charge >= 0.3 is 0 Å².